The van der Waals surface area contributed by atoms with Crippen molar-refractivity contribution in [1.82, 2.24) is 10.3 Å². The van der Waals surface area contributed by atoms with Crippen LogP contribution in [0.5, 0.6) is 0 Å². The fourth-order valence-electron chi connectivity index (χ4n) is 3.77. The SMILES string of the molecule is CC(C)(C)OC(=O)Nc1cnccc1CCC(NC(=O)C(c1ccccc1)c1ccccc1)C(=O)O. The Morgan fingerprint density at radius 1 is 0.944 bits per heavy atom. The Labute approximate surface area is 210 Å². The molecule has 0 spiro atoms. The molecule has 8 nitrogen and oxygen atoms in total. The number of ether oxygens (including phenoxy) is 1. The Kier molecular flexibility index (Phi) is 8.78. The standard InChI is InChI=1S/C28H31N3O5/c1-28(2,3)36-27(35)31-23-18-29-17-16-19(23)14-15-22(26(33)34)30-25(32)24(20-10-6-4-7-11-20)21-12-8-5-9-13-21/h4-13,16-18,22,24H,14-15H2,1-3H3,(H,30,32)(H,31,35)(H,33,34). The predicted octanol–water partition coefficient (Wildman–Crippen LogP) is 4.76. The van der Waals surface area contributed by atoms with Gasteiger partial charge in [0.1, 0.15) is 11.6 Å². The second kappa shape index (κ2) is 12.0. The van der Waals surface area contributed by atoms with Gasteiger partial charge >= 0.3 is 12.1 Å². The average Bonchev–Trinajstić information content (AvgIpc) is 2.83. The van der Waals surface area contributed by atoms with Crippen molar-refractivity contribution in [2.75, 3.05) is 5.32 Å². The molecule has 1 unspecified atom stereocenters. The number of hydrogen-bond donors (Lipinski definition) is 3. The number of carboxylic acids is 1. The summed E-state index contributed by atoms with van der Waals surface area (Å²) in [7, 11) is 0. The minimum Gasteiger partial charge on any atom is -0.480 e. The second-order valence-corrected chi connectivity index (χ2v) is 9.35. The third kappa shape index (κ3) is 7.66. The van der Waals surface area contributed by atoms with Crippen LogP contribution in [-0.2, 0) is 20.7 Å². The zero-order valence-electron chi connectivity index (χ0n) is 20.6. The van der Waals surface area contributed by atoms with Crippen molar-refractivity contribution >= 4 is 23.7 Å². The first-order valence-corrected chi connectivity index (χ1v) is 11.7. The molecular weight excluding hydrogens is 458 g/mol. The van der Waals surface area contributed by atoms with Crippen LogP contribution < -0.4 is 10.6 Å². The summed E-state index contributed by atoms with van der Waals surface area (Å²) in [5, 5.41) is 15.2. The lowest BCUT2D eigenvalue weighted by Gasteiger charge is -2.22. The van der Waals surface area contributed by atoms with Gasteiger partial charge in [0.25, 0.3) is 0 Å². The van der Waals surface area contributed by atoms with E-state index in [0.717, 1.165) is 11.1 Å². The molecule has 0 aliphatic rings. The molecule has 3 aromatic rings. The number of nitrogens with one attached hydrogen (secondary N) is 2. The normalized spacial score (nSPS) is 12.0. The molecule has 3 N–H and O–H groups in total. The van der Waals surface area contributed by atoms with E-state index >= 15 is 0 Å². The first-order chi connectivity index (χ1) is 17.1. The molecule has 0 bridgehead atoms. The fraction of sp³-hybridized carbons (Fsp3) is 0.286. The molecule has 8 heteroatoms. The molecule has 1 heterocycles. The van der Waals surface area contributed by atoms with Crippen molar-refractivity contribution in [3.8, 4) is 0 Å². The van der Waals surface area contributed by atoms with Crippen molar-refractivity contribution in [2.24, 2.45) is 0 Å². The monoisotopic (exact) mass is 489 g/mol. The number of amides is 2. The summed E-state index contributed by atoms with van der Waals surface area (Å²) >= 11 is 0. The number of anilines is 1. The van der Waals surface area contributed by atoms with Crippen molar-refractivity contribution < 1.29 is 24.2 Å². The largest absolute Gasteiger partial charge is 0.480 e. The second-order valence-electron chi connectivity index (χ2n) is 9.35. The van der Waals surface area contributed by atoms with Gasteiger partial charge in [-0.25, -0.2) is 9.59 Å². The van der Waals surface area contributed by atoms with Crippen LogP contribution in [0.1, 0.15) is 49.8 Å². The molecule has 0 radical (unpaired) electrons. The molecule has 188 valence electrons. The van der Waals surface area contributed by atoms with Crippen LogP contribution in [0.4, 0.5) is 10.5 Å². The van der Waals surface area contributed by atoms with Gasteiger partial charge in [0.05, 0.1) is 17.8 Å². The number of rotatable bonds is 9. The van der Waals surface area contributed by atoms with E-state index in [4.69, 9.17) is 4.74 Å². The van der Waals surface area contributed by atoms with Crippen LogP contribution in [0.3, 0.4) is 0 Å². The van der Waals surface area contributed by atoms with Gasteiger partial charge in [-0.2, -0.15) is 0 Å². The minimum atomic E-state index is -1.14. The smallest absolute Gasteiger partial charge is 0.412 e. The maximum Gasteiger partial charge on any atom is 0.412 e. The number of pyridine rings is 1. The number of benzene rings is 2. The summed E-state index contributed by atoms with van der Waals surface area (Å²) in [4.78, 5) is 41.7. The molecule has 0 saturated carbocycles. The topological polar surface area (TPSA) is 118 Å². The van der Waals surface area contributed by atoms with Gasteiger partial charge in [-0.05, 0) is 56.4 Å². The zero-order valence-corrected chi connectivity index (χ0v) is 20.6. The number of aromatic nitrogens is 1. The number of carbonyl (C=O) groups is 3. The molecular formula is C28H31N3O5. The molecule has 1 aromatic heterocycles. The molecule has 0 aliphatic heterocycles. The van der Waals surface area contributed by atoms with E-state index in [1.54, 1.807) is 33.0 Å². The average molecular weight is 490 g/mol. The van der Waals surface area contributed by atoms with E-state index in [0.29, 0.717) is 11.3 Å². The Bertz CT molecular complexity index is 1140. The van der Waals surface area contributed by atoms with Gasteiger partial charge in [0, 0.05) is 6.20 Å². The lowest BCUT2D eigenvalue weighted by Crippen LogP contribution is -2.43. The van der Waals surface area contributed by atoms with Crippen molar-refractivity contribution in [2.45, 2.75) is 51.2 Å². The lowest BCUT2D eigenvalue weighted by atomic mass is 9.90. The van der Waals surface area contributed by atoms with E-state index in [9.17, 15) is 19.5 Å². The maximum absolute atomic E-state index is 13.4. The Morgan fingerprint density at radius 3 is 2.06 bits per heavy atom. The van der Waals surface area contributed by atoms with Crippen LogP contribution in [0.15, 0.2) is 79.1 Å². The Hall–Kier alpha value is -4.20. The minimum absolute atomic E-state index is 0.115. The van der Waals surface area contributed by atoms with Crippen LogP contribution in [-0.4, -0.2) is 39.7 Å². The van der Waals surface area contributed by atoms with Crippen LogP contribution in [0.25, 0.3) is 0 Å². The number of hydrogen-bond acceptors (Lipinski definition) is 5. The van der Waals surface area contributed by atoms with Crippen molar-refractivity contribution in [3.05, 3.63) is 95.8 Å². The molecule has 0 fully saturated rings. The number of carbonyl (C=O) groups excluding carboxylic acids is 2. The van der Waals surface area contributed by atoms with Gasteiger partial charge in [0.15, 0.2) is 0 Å². The molecule has 2 amide bonds. The fourth-order valence-corrected chi connectivity index (χ4v) is 3.77. The molecule has 2 aromatic carbocycles. The van der Waals surface area contributed by atoms with Crippen LogP contribution in [0, 0.1) is 0 Å². The molecule has 1 atom stereocenters. The summed E-state index contributed by atoms with van der Waals surface area (Å²) < 4.78 is 5.29. The third-order valence-electron chi connectivity index (χ3n) is 5.39. The van der Waals surface area contributed by atoms with Gasteiger partial charge in [-0.15, -0.1) is 0 Å². The summed E-state index contributed by atoms with van der Waals surface area (Å²) in [5.74, 6) is -2.19. The molecule has 36 heavy (non-hydrogen) atoms. The zero-order chi connectivity index (χ0) is 26.1. The molecule has 0 saturated heterocycles. The highest BCUT2D eigenvalue weighted by Crippen LogP contribution is 2.25. The first-order valence-electron chi connectivity index (χ1n) is 11.7. The van der Waals surface area contributed by atoms with Crippen molar-refractivity contribution in [3.63, 3.8) is 0 Å². The van der Waals surface area contributed by atoms with Gasteiger partial charge in [-0.1, -0.05) is 60.7 Å². The number of aliphatic carboxylic acids is 1. The van der Waals surface area contributed by atoms with E-state index in [1.807, 2.05) is 60.7 Å². The lowest BCUT2D eigenvalue weighted by molar-refractivity contribution is -0.142. The highest BCUT2D eigenvalue weighted by Gasteiger charge is 2.28. The number of carboxylic acid groups (broad SMARTS) is 1. The molecule has 0 aliphatic carbocycles. The van der Waals surface area contributed by atoms with Crippen LogP contribution in [0.2, 0.25) is 0 Å². The van der Waals surface area contributed by atoms with Gasteiger partial charge in [0.2, 0.25) is 5.91 Å². The number of nitrogens with zero attached hydrogens (tertiary/aromatic N) is 1. The van der Waals surface area contributed by atoms with Gasteiger partial charge in [-0.3, -0.25) is 15.1 Å². The number of aryl methyl sites for hydroxylation is 1. The highest BCUT2D eigenvalue weighted by atomic mass is 16.6. The first kappa shape index (κ1) is 26.4. The summed E-state index contributed by atoms with van der Waals surface area (Å²) in [6.45, 7) is 5.28. The highest BCUT2D eigenvalue weighted by molar-refractivity contribution is 5.90. The van der Waals surface area contributed by atoms with E-state index in [-0.39, 0.29) is 12.8 Å². The summed E-state index contributed by atoms with van der Waals surface area (Å²) in [6.07, 6.45) is 2.81. The third-order valence-corrected chi connectivity index (χ3v) is 5.39. The van der Waals surface area contributed by atoms with E-state index in [2.05, 4.69) is 15.6 Å². The Balaban J connectivity index is 1.74. The molecule has 3 rings (SSSR count). The summed E-state index contributed by atoms with van der Waals surface area (Å²) in [5.41, 5.74) is 1.97. The van der Waals surface area contributed by atoms with Crippen molar-refractivity contribution in [1.29, 1.82) is 0 Å². The Morgan fingerprint density at radius 2 is 1.53 bits per heavy atom. The van der Waals surface area contributed by atoms with E-state index in [1.165, 1.54) is 6.20 Å². The van der Waals surface area contributed by atoms with Crippen LogP contribution >= 0.6 is 0 Å². The van der Waals surface area contributed by atoms with E-state index < -0.39 is 35.5 Å². The summed E-state index contributed by atoms with van der Waals surface area (Å²) in [6, 6.07) is 19.0. The maximum atomic E-state index is 13.4. The van der Waals surface area contributed by atoms with Gasteiger partial charge < -0.3 is 15.2 Å². The quantitative estimate of drug-likeness (QED) is 0.399. The predicted molar refractivity (Wildman–Crippen MR) is 137 cm³/mol.